The first-order chi connectivity index (χ1) is 11.2. The van der Waals surface area contributed by atoms with E-state index in [1.165, 1.54) is 0 Å². The second-order valence-corrected chi connectivity index (χ2v) is 8.45. The van der Waals surface area contributed by atoms with Gasteiger partial charge in [-0.25, -0.2) is 13.1 Å². The van der Waals surface area contributed by atoms with E-state index in [0.29, 0.717) is 32.4 Å². The van der Waals surface area contributed by atoms with Crippen LogP contribution >= 0.6 is 0 Å². The molecule has 1 rings (SSSR count). The monoisotopic (exact) mass is 362 g/mol. The SMILES string of the molecule is CCCS(=O)(=O)NC1CCN(C(=O)CNC(=O)[C@@H](N)C(C)C)CC1. The average molecular weight is 362 g/mol. The molecule has 8 nitrogen and oxygen atoms in total. The highest BCUT2D eigenvalue weighted by molar-refractivity contribution is 7.89. The molecule has 0 aromatic heterocycles. The Morgan fingerprint density at radius 2 is 1.83 bits per heavy atom. The quantitative estimate of drug-likeness (QED) is 0.533. The van der Waals surface area contributed by atoms with Crippen molar-refractivity contribution in [3.8, 4) is 0 Å². The van der Waals surface area contributed by atoms with Crippen molar-refractivity contribution in [2.24, 2.45) is 11.7 Å². The fraction of sp³-hybridized carbons (Fsp3) is 0.867. The number of hydrogen-bond donors (Lipinski definition) is 3. The number of nitrogens with one attached hydrogen (secondary N) is 2. The number of nitrogens with zero attached hydrogens (tertiary/aromatic N) is 1. The molecule has 0 bridgehead atoms. The molecule has 140 valence electrons. The maximum absolute atomic E-state index is 12.1. The zero-order chi connectivity index (χ0) is 18.3. The molecule has 1 fully saturated rings. The normalized spacial score (nSPS) is 17.8. The Kier molecular flexibility index (Phi) is 8.11. The van der Waals surface area contributed by atoms with Crippen LogP contribution in [0.2, 0.25) is 0 Å². The summed E-state index contributed by atoms with van der Waals surface area (Å²) in [6.07, 6.45) is 1.73. The van der Waals surface area contributed by atoms with Gasteiger partial charge in [0.05, 0.1) is 18.3 Å². The van der Waals surface area contributed by atoms with Gasteiger partial charge in [-0.05, 0) is 25.2 Å². The number of hydrogen-bond acceptors (Lipinski definition) is 5. The first-order valence-corrected chi connectivity index (χ1v) is 10.1. The first kappa shape index (κ1) is 20.9. The van der Waals surface area contributed by atoms with Crippen LogP contribution in [0.1, 0.15) is 40.0 Å². The summed E-state index contributed by atoms with van der Waals surface area (Å²) < 4.78 is 26.2. The van der Waals surface area contributed by atoms with Gasteiger partial charge in [0, 0.05) is 19.1 Å². The van der Waals surface area contributed by atoms with Gasteiger partial charge in [-0.3, -0.25) is 9.59 Å². The lowest BCUT2D eigenvalue weighted by molar-refractivity contribution is -0.134. The summed E-state index contributed by atoms with van der Waals surface area (Å²) in [5, 5.41) is 2.56. The first-order valence-electron chi connectivity index (χ1n) is 8.47. The van der Waals surface area contributed by atoms with Gasteiger partial charge >= 0.3 is 0 Å². The van der Waals surface area contributed by atoms with Crippen molar-refractivity contribution in [3.63, 3.8) is 0 Å². The van der Waals surface area contributed by atoms with Crippen LogP contribution in [0, 0.1) is 5.92 Å². The maximum Gasteiger partial charge on any atom is 0.241 e. The van der Waals surface area contributed by atoms with Crippen molar-refractivity contribution in [1.82, 2.24) is 14.9 Å². The van der Waals surface area contributed by atoms with E-state index in [2.05, 4.69) is 10.0 Å². The molecule has 24 heavy (non-hydrogen) atoms. The Bertz CT molecular complexity index is 528. The van der Waals surface area contributed by atoms with Crippen LogP contribution in [-0.2, 0) is 19.6 Å². The van der Waals surface area contributed by atoms with E-state index in [-0.39, 0.29) is 36.1 Å². The fourth-order valence-electron chi connectivity index (χ4n) is 2.52. The lowest BCUT2D eigenvalue weighted by Gasteiger charge is -2.32. The molecule has 1 heterocycles. The van der Waals surface area contributed by atoms with Gasteiger partial charge in [0.1, 0.15) is 0 Å². The summed E-state index contributed by atoms with van der Waals surface area (Å²) in [7, 11) is -3.23. The molecular weight excluding hydrogens is 332 g/mol. The zero-order valence-electron chi connectivity index (χ0n) is 14.7. The Morgan fingerprint density at radius 3 is 2.33 bits per heavy atom. The number of nitrogens with two attached hydrogens (primary N) is 1. The summed E-state index contributed by atoms with van der Waals surface area (Å²) >= 11 is 0. The number of likely N-dealkylation sites (tertiary alicyclic amines) is 1. The molecule has 0 aromatic carbocycles. The molecule has 1 aliphatic rings. The van der Waals surface area contributed by atoms with Gasteiger partial charge < -0.3 is 16.0 Å². The van der Waals surface area contributed by atoms with Gasteiger partial charge in [-0.2, -0.15) is 0 Å². The Hall–Kier alpha value is -1.19. The smallest absolute Gasteiger partial charge is 0.241 e. The van der Waals surface area contributed by atoms with Gasteiger partial charge in [-0.15, -0.1) is 0 Å². The van der Waals surface area contributed by atoms with E-state index in [4.69, 9.17) is 5.73 Å². The van der Waals surface area contributed by atoms with Crippen molar-refractivity contribution in [2.45, 2.75) is 52.1 Å². The van der Waals surface area contributed by atoms with E-state index in [9.17, 15) is 18.0 Å². The molecule has 0 aromatic rings. The van der Waals surface area contributed by atoms with Crippen molar-refractivity contribution >= 4 is 21.8 Å². The molecule has 1 saturated heterocycles. The number of carbonyl (C=O) groups is 2. The minimum Gasteiger partial charge on any atom is -0.346 e. The largest absolute Gasteiger partial charge is 0.346 e. The van der Waals surface area contributed by atoms with E-state index in [1.54, 1.807) is 4.90 Å². The minimum absolute atomic E-state index is 0.00647. The highest BCUT2D eigenvalue weighted by atomic mass is 32.2. The lowest BCUT2D eigenvalue weighted by atomic mass is 10.0. The topological polar surface area (TPSA) is 122 Å². The molecule has 9 heteroatoms. The van der Waals surface area contributed by atoms with E-state index >= 15 is 0 Å². The summed E-state index contributed by atoms with van der Waals surface area (Å²) in [4.78, 5) is 25.5. The molecule has 0 saturated carbocycles. The van der Waals surface area contributed by atoms with Crippen molar-refractivity contribution in [2.75, 3.05) is 25.4 Å². The Balaban J connectivity index is 2.37. The standard InChI is InChI=1S/C15H30N4O4S/c1-4-9-24(22,23)18-12-5-7-19(8-6-12)13(20)10-17-15(21)14(16)11(2)3/h11-12,14,18H,4-10,16H2,1-3H3,(H,17,21)/t14-/m0/s1. The van der Waals surface area contributed by atoms with Crippen LogP contribution < -0.4 is 15.8 Å². The van der Waals surface area contributed by atoms with E-state index in [0.717, 1.165) is 0 Å². The number of carbonyl (C=O) groups excluding carboxylic acids is 2. The Morgan fingerprint density at radius 1 is 1.25 bits per heavy atom. The van der Waals surface area contributed by atoms with Gasteiger partial charge in [0.2, 0.25) is 21.8 Å². The molecule has 0 aliphatic carbocycles. The number of piperidine rings is 1. The summed E-state index contributed by atoms with van der Waals surface area (Å²) in [5.74, 6) is -0.379. The third-order valence-electron chi connectivity index (χ3n) is 4.10. The van der Waals surface area contributed by atoms with Crippen LogP contribution in [0.3, 0.4) is 0 Å². The maximum atomic E-state index is 12.1. The zero-order valence-corrected chi connectivity index (χ0v) is 15.6. The average Bonchev–Trinajstić information content (AvgIpc) is 2.51. The van der Waals surface area contributed by atoms with Crippen molar-refractivity contribution in [3.05, 3.63) is 0 Å². The van der Waals surface area contributed by atoms with Gasteiger partial charge in [-0.1, -0.05) is 20.8 Å². The third-order valence-corrected chi connectivity index (χ3v) is 5.74. The lowest BCUT2D eigenvalue weighted by Crippen LogP contribution is -2.51. The van der Waals surface area contributed by atoms with E-state index in [1.807, 2.05) is 20.8 Å². The summed E-state index contributed by atoms with van der Waals surface area (Å²) in [6, 6.07) is -0.758. The minimum atomic E-state index is -3.23. The molecule has 0 radical (unpaired) electrons. The number of amides is 2. The van der Waals surface area contributed by atoms with Gasteiger partial charge in [0.25, 0.3) is 0 Å². The molecule has 1 atom stereocenters. The molecule has 4 N–H and O–H groups in total. The van der Waals surface area contributed by atoms with E-state index < -0.39 is 16.1 Å². The summed E-state index contributed by atoms with van der Waals surface area (Å²) in [6.45, 7) is 6.38. The number of rotatable bonds is 8. The number of sulfonamides is 1. The molecule has 0 spiro atoms. The van der Waals surface area contributed by atoms with Crippen LogP contribution in [0.5, 0.6) is 0 Å². The highest BCUT2D eigenvalue weighted by Crippen LogP contribution is 2.11. The molecular formula is C15H30N4O4S. The van der Waals surface area contributed by atoms with Crippen molar-refractivity contribution in [1.29, 1.82) is 0 Å². The predicted octanol–water partition coefficient (Wildman–Crippen LogP) is -0.594. The van der Waals surface area contributed by atoms with Gasteiger partial charge in [0.15, 0.2) is 0 Å². The molecule has 2 amide bonds. The highest BCUT2D eigenvalue weighted by Gasteiger charge is 2.26. The Labute approximate surface area is 144 Å². The van der Waals surface area contributed by atoms with Crippen molar-refractivity contribution < 1.29 is 18.0 Å². The van der Waals surface area contributed by atoms with Crippen LogP contribution in [0.15, 0.2) is 0 Å². The predicted molar refractivity (Wildman–Crippen MR) is 92.6 cm³/mol. The van der Waals surface area contributed by atoms with Crippen LogP contribution in [0.4, 0.5) is 0 Å². The fourth-order valence-corrected chi connectivity index (χ4v) is 3.92. The third kappa shape index (κ3) is 6.74. The summed E-state index contributed by atoms with van der Waals surface area (Å²) in [5.41, 5.74) is 5.72. The van der Waals surface area contributed by atoms with Crippen LogP contribution in [-0.4, -0.2) is 62.6 Å². The molecule has 0 unspecified atom stereocenters. The van der Waals surface area contributed by atoms with Crippen LogP contribution in [0.25, 0.3) is 0 Å². The second kappa shape index (κ2) is 9.33. The molecule has 1 aliphatic heterocycles. The second-order valence-electron chi connectivity index (χ2n) is 6.58.